The first-order valence-corrected chi connectivity index (χ1v) is 10.5. The molecule has 2 aliphatic heterocycles. The smallest absolute Gasteiger partial charge is 0.228 e. The molecule has 0 unspecified atom stereocenters. The number of carbonyl (C=O) groups is 1. The van der Waals surface area contributed by atoms with Crippen LogP contribution in [0.25, 0.3) is 11.3 Å². The Labute approximate surface area is 185 Å². The summed E-state index contributed by atoms with van der Waals surface area (Å²) in [4.78, 5) is 34.0. The second-order valence-electron chi connectivity index (χ2n) is 7.74. The topological polar surface area (TPSA) is 122 Å². The lowest BCUT2D eigenvalue weighted by atomic mass is 10.1. The van der Waals surface area contributed by atoms with Gasteiger partial charge in [0.1, 0.15) is 5.82 Å². The van der Waals surface area contributed by atoms with Gasteiger partial charge < -0.3 is 25.6 Å². The fourth-order valence-electron chi connectivity index (χ4n) is 4.05. The molecule has 1 saturated heterocycles. The summed E-state index contributed by atoms with van der Waals surface area (Å²) in [5, 5.41) is 2.85. The molecule has 0 aliphatic carbocycles. The van der Waals surface area contributed by atoms with Crippen molar-refractivity contribution < 1.29 is 9.53 Å². The van der Waals surface area contributed by atoms with Crippen LogP contribution in [0.4, 0.5) is 29.1 Å². The number of rotatable bonds is 4. The minimum absolute atomic E-state index is 0.105. The van der Waals surface area contributed by atoms with Gasteiger partial charge in [-0.2, -0.15) is 4.98 Å². The predicted octanol–water partition coefficient (Wildman–Crippen LogP) is 2.00. The summed E-state index contributed by atoms with van der Waals surface area (Å²) in [5.74, 6) is 1.63. The molecule has 2 aliphatic rings. The summed E-state index contributed by atoms with van der Waals surface area (Å²) >= 11 is 0. The first-order chi connectivity index (χ1) is 15.6. The molecular formula is C22H24N8O2. The minimum atomic E-state index is -0.105. The van der Waals surface area contributed by atoms with Crippen LogP contribution in [0.3, 0.4) is 0 Å². The van der Waals surface area contributed by atoms with Gasteiger partial charge in [-0.05, 0) is 24.6 Å². The Morgan fingerprint density at radius 1 is 1.12 bits per heavy atom. The molecule has 1 aromatic carbocycles. The van der Waals surface area contributed by atoms with E-state index in [2.05, 4.69) is 25.1 Å². The van der Waals surface area contributed by atoms with Crippen LogP contribution in [0.1, 0.15) is 12.5 Å². The number of aromatic nitrogens is 4. The second-order valence-corrected chi connectivity index (χ2v) is 7.74. The summed E-state index contributed by atoms with van der Waals surface area (Å²) in [6.45, 7) is 5.00. The van der Waals surface area contributed by atoms with Crippen molar-refractivity contribution >= 4 is 35.0 Å². The van der Waals surface area contributed by atoms with E-state index in [-0.39, 0.29) is 11.9 Å². The van der Waals surface area contributed by atoms with Crippen molar-refractivity contribution in [3.63, 3.8) is 0 Å². The van der Waals surface area contributed by atoms with E-state index in [1.54, 1.807) is 12.4 Å². The highest BCUT2D eigenvalue weighted by Gasteiger charge is 2.29. The van der Waals surface area contributed by atoms with Crippen LogP contribution in [0, 0.1) is 0 Å². The average Bonchev–Trinajstić information content (AvgIpc) is 3.23. The van der Waals surface area contributed by atoms with E-state index in [4.69, 9.17) is 20.4 Å². The number of nitrogens with zero attached hydrogens (tertiary/aromatic N) is 6. The van der Waals surface area contributed by atoms with Crippen LogP contribution in [0.15, 0.2) is 36.7 Å². The standard InChI is InChI=1S/C22H24N8O2/c1-14(31)26-16-3-2-4-17(11-16)30-6-5-18-19(15-12-24-21(23)25-13-15)27-22(28-20(18)30)29-7-9-32-10-8-29/h2-4,11-13H,5-10H2,1H3,(H,26,31)(H2,23,24,25). The fraction of sp³-hybridized carbons (Fsp3) is 0.318. The Kier molecular flexibility index (Phi) is 5.28. The summed E-state index contributed by atoms with van der Waals surface area (Å²) in [7, 11) is 0. The molecule has 0 radical (unpaired) electrons. The number of amides is 1. The van der Waals surface area contributed by atoms with E-state index in [0.29, 0.717) is 19.2 Å². The Morgan fingerprint density at radius 2 is 1.91 bits per heavy atom. The van der Waals surface area contributed by atoms with Gasteiger partial charge >= 0.3 is 0 Å². The third-order valence-electron chi connectivity index (χ3n) is 5.53. The molecule has 0 spiro atoms. The number of hydrogen-bond donors (Lipinski definition) is 2. The highest BCUT2D eigenvalue weighted by molar-refractivity contribution is 5.89. The minimum Gasteiger partial charge on any atom is -0.378 e. The molecule has 1 fully saturated rings. The molecule has 5 rings (SSSR count). The maximum Gasteiger partial charge on any atom is 0.228 e. The van der Waals surface area contributed by atoms with Gasteiger partial charge in [0.05, 0.1) is 18.9 Å². The molecule has 1 amide bonds. The van der Waals surface area contributed by atoms with Gasteiger partial charge in [0.15, 0.2) is 0 Å². The highest BCUT2D eigenvalue weighted by Crippen LogP contribution is 2.39. The largest absolute Gasteiger partial charge is 0.378 e. The number of nitrogens with two attached hydrogens (primary N) is 1. The maximum atomic E-state index is 11.5. The molecule has 3 aromatic rings. The lowest BCUT2D eigenvalue weighted by molar-refractivity contribution is -0.114. The van der Waals surface area contributed by atoms with Crippen molar-refractivity contribution in [2.24, 2.45) is 0 Å². The van der Waals surface area contributed by atoms with Gasteiger partial charge in [0.2, 0.25) is 17.8 Å². The van der Waals surface area contributed by atoms with E-state index < -0.39 is 0 Å². The average molecular weight is 432 g/mol. The van der Waals surface area contributed by atoms with Gasteiger partial charge in [-0.3, -0.25) is 4.79 Å². The summed E-state index contributed by atoms with van der Waals surface area (Å²) < 4.78 is 5.50. The molecule has 10 heteroatoms. The number of anilines is 5. The lowest BCUT2D eigenvalue weighted by Crippen LogP contribution is -2.37. The van der Waals surface area contributed by atoms with Crippen LogP contribution >= 0.6 is 0 Å². The number of fused-ring (bicyclic) bond motifs is 1. The van der Waals surface area contributed by atoms with E-state index in [1.165, 1.54) is 6.92 Å². The summed E-state index contributed by atoms with van der Waals surface area (Å²) in [6, 6.07) is 7.78. The van der Waals surface area contributed by atoms with Crippen molar-refractivity contribution in [2.75, 3.05) is 53.7 Å². The van der Waals surface area contributed by atoms with Crippen molar-refractivity contribution in [1.29, 1.82) is 0 Å². The van der Waals surface area contributed by atoms with Crippen molar-refractivity contribution in [1.82, 2.24) is 19.9 Å². The van der Waals surface area contributed by atoms with Crippen LogP contribution in [-0.4, -0.2) is 58.7 Å². The number of carbonyl (C=O) groups excluding carboxylic acids is 1. The van der Waals surface area contributed by atoms with Gasteiger partial charge in [-0.1, -0.05) is 6.07 Å². The molecule has 0 saturated carbocycles. The number of morpholine rings is 1. The van der Waals surface area contributed by atoms with Gasteiger partial charge in [0.25, 0.3) is 0 Å². The third-order valence-corrected chi connectivity index (χ3v) is 5.53. The molecule has 32 heavy (non-hydrogen) atoms. The molecule has 164 valence electrons. The maximum absolute atomic E-state index is 11.5. The van der Waals surface area contributed by atoms with Crippen molar-refractivity contribution in [3.05, 3.63) is 42.2 Å². The Bertz CT molecular complexity index is 1150. The quantitative estimate of drug-likeness (QED) is 0.637. The van der Waals surface area contributed by atoms with Crippen LogP contribution < -0.4 is 20.9 Å². The number of benzene rings is 1. The van der Waals surface area contributed by atoms with Gasteiger partial charge in [0, 0.05) is 61.5 Å². The number of ether oxygens (including phenoxy) is 1. The van der Waals surface area contributed by atoms with E-state index in [9.17, 15) is 4.79 Å². The first kappa shape index (κ1) is 20.1. The zero-order chi connectivity index (χ0) is 22.1. The van der Waals surface area contributed by atoms with Crippen molar-refractivity contribution in [3.8, 4) is 11.3 Å². The zero-order valence-electron chi connectivity index (χ0n) is 17.8. The lowest BCUT2D eigenvalue weighted by Gasteiger charge is -2.28. The molecule has 4 heterocycles. The van der Waals surface area contributed by atoms with Gasteiger partial charge in [-0.25, -0.2) is 15.0 Å². The van der Waals surface area contributed by atoms with Crippen LogP contribution in [0.5, 0.6) is 0 Å². The molecular weight excluding hydrogens is 408 g/mol. The van der Waals surface area contributed by atoms with E-state index in [1.807, 2.05) is 24.3 Å². The first-order valence-electron chi connectivity index (χ1n) is 10.5. The van der Waals surface area contributed by atoms with E-state index >= 15 is 0 Å². The Hall–Kier alpha value is -3.79. The predicted molar refractivity (Wildman–Crippen MR) is 122 cm³/mol. The van der Waals surface area contributed by atoms with Gasteiger partial charge in [-0.15, -0.1) is 0 Å². The fourth-order valence-corrected chi connectivity index (χ4v) is 4.05. The monoisotopic (exact) mass is 432 g/mol. The van der Waals surface area contributed by atoms with Crippen molar-refractivity contribution in [2.45, 2.75) is 13.3 Å². The highest BCUT2D eigenvalue weighted by atomic mass is 16.5. The Balaban J connectivity index is 1.60. The van der Waals surface area contributed by atoms with Crippen LogP contribution in [0.2, 0.25) is 0 Å². The SMILES string of the molecule is CC(=O)Nc1cccc(N2CCc3c(-c4cnc(N)nc4)nc(N4CCOCC4)nc32)c1. The third kappa shape index (κ3) is 3.92. The Morgan fingerprint density at radius 3 is 2.66 bits per heavy atom. The molecule has 0 bridgehead atoms. The summed E-state index contributed by atoms with van der Waals surface area (Å²) in [6.07, 6.45) is 4.19. The summed E-state index contributed by atoms with van der Waals surface area (Å²) in [5.41, 5.74) is 10.1. The van der Waals surface area contributed by atoms with E-state index in [0.717, 1.165) is 60.1 Å². The van der Waals surface area contributed by atoms with Crippen LogP contribution in [-0.2, 0) is 16.0 Å². The number of hydrogen-bond acceptors (Lipinski definition) is 9. The number of nitrogens with one attached hydrogen (secondary N) is 1. The normalized spacial score (nSPS) is 15.5. The zero-order valence-corrected chi connectivity index (χ0v) is 17.8. The molecule has 0 atom stereocenters. The molecule has 2 aromatic heterocycles. The molecule has 10 nitrogen and oxygen atoms in total. The molecule has 3 N–H and O–H groups in total. The number of nitrogen functional groups attached to an aromatic ring is 1. The second kappa shape index (κ2) is 8.39.